The molecule has 1 unspecified atom stereocenters. The maximum absolute atomic E-state index is 11.9. The Hall–Kier alpha value is -3.12. The van der Waals surface area contributed by atoms with Crippen LogP contribution in [0.4, 0.5) is 0 Å². The van der Waals surface area contributed by atoms with Gasteiger partial charge in [-0.05, 0) is 48.7 Å². The van der Waals surface area contributed by atoms with Gasteiger partial charge in [0.15, 0.2) is 0 Å². The zero-order valence-electron chi connectivity index (χ0n) is 18.7. The molecule has 31 heavy (non-hydrogen) atoms. The van der Waals surface area contributed by atoms with Crippen molar-refractivity contribution in [1.29, 1.82) is 0 Å². The maximum Gasteiger partial charge on any atom is 0.219 e. The summed E-state index contributed by atoms with van der Waals surface area (Å²) in [6.07, 6.45) is 2.71. The fourth-order valence-corrected chi connectivity index (χ4v) is 4.21. The molecule has 1 N–H and O–H groups in total. The van der Waals surface area contributed by atoms with Crippen molar-refractivity contribution in [2.24, 2.45) is 0 Å². The summed E-state index contributed by atoms with van der Waals surface area (Å²) in [6.45, 7) is 11.7. The van der Waals surface area contributed by atoms with Crippen LogP contribution in [0.2, 0.25) is 0 Å². The largest absolute Gasteiger partial charge is 0.388 e. The van der Waals surface area contributed by atoms with Gasteiger partial charge in [-0.3, -0.25) is 4.79 Å². The van der Waals surface area contributed by atoms with Crippen LogP contribution in [0.5, 0.6) is 0 Å². The van der Waals surface area contributed by atoms with Crippen molar-refractivity contribution in [3.05, 3.63) is 65.5 Å². The highest BCUT2D eigenvalue weighted by molar-refractivity contribution is 5.74. The van der Waals surface area contributed by atoms with Crippen LogP contribution < -0.4 is 5.32 Å². The molecule has 1 atom stereocenters. The van der Waals surface area contributed by atoms with E-state index in [1.165, 1.54) is 5.56 Å². The number of nitrogens with one attached hydrogen (secondary N) is 1. The highest BCUT2D eigenvalue weighted by atomic mass is 16.5. The second-order valence-electron chi connectivity index (χ2n) is 8.26. The Labute approximate surface area is 183 Å². The Kier molecular flexibility index (Phi) is 5.83. The van der Waals surface area contributed by atoms with Crippen molar-refractivity contribution < 1.29 is 9.53 Å². The van der Waals surface area contributed by atoms with Crippen LogP contribution in [-0.4, -0.2) is 53.0 Å². The summed E-state index contributed by atoms with van der Waals surface area (Å²) in [7, 11) is 1.88. The van der Waals surface area contributed by atoms with Crippen molar-refractivity contribution in [2.45, 2.75) is 33.3 Å². The highest BCUT2D eigenvalue weighted by Gasteiger charge is 2.26. The molecule has 1 amide bonds. The molecule has 6 nitrogen and oxygen atoms in total. The van der Waals surface area contributed by atoms with E-state index in [0.717, 1.165) is 39.4 Å². The molecule has 4 rings (SSSR count). The summed E-state index contributed by atoms with van der Waals surface area (Å²) in [5.41, 5.74) is 8.37. The zero-order valence-corrected chi connectivity index (χ0v) is 18.7. The van der Waals surface area contributed by atoms with Gasteiger partial charge in [-0.15, -0.1) is 0 Å². The van der Waals surface area contributed by atoms with E-state index in [0.29, 0.717) is 26.1 Å². The number of benzene rings is 1. The van der Waals surface area contributed by atoms with Gasteiger partial charge in [-0.2, -0.15) is 0 Å². The third-order valence-corrected chi connectivity index (χ3v) is 6.02. The predicted octanol–water partition coefficient (Wildman–Crippen LogP) is 3.60. The summed E-state index contributed by atoms with van der Waals surface area (Å²) < 4.78 is 8.19. The highest BCUT2D eigenvalue weighted by Crippen LogP contribution is 2.31. The number of aryl methyl sites for hydroxylation is 2. The molecular weight excluding hydrogens is 388 g/mol. The van der Waals surface area contributed by atoms with E-state index in [2.05, 4.69) is 66.7 Å². The lowest BCUT2D eigenvalue weighted by atomic mass is 9.98. The van der Waals surface area contributed by atoms with E-state index in [-0.39, 0.29) is 12.0 Å². The number of amides is 1. The molecule has 6 heteroatoms. The Morgan fingerprint density at radius 3 is 2.81 bits per heavy atom. The van der Waals surface area contributed by atoms with Crippen LogP contribution >= 0.6 is 0 Å². The minimum Gasteiger partial charge on any atom is -0.388 e. The minimum atomic E-state index is -0.0544. The van der Waals surface area contributed by atoms with E-state index in [1.54, 1.807) is 6.92 Å². The lowest BCUT2D eigenvalue weighted by Gasteiger charge is -2.32. The molecule has 162 valence electrons. The van der Waals surface area contributed by atoms with Crippen LogP contribution in [0.1, 0.15) is 29.3 Å². The van der Waals surface area contributed by atoms with Gasteiger partial charge in [-0.1, -0.05) is 18.7 Å². The van der Waals surface area contributed by atoms with E-state index in [4.69, 9.17) is 9.72 Å². The molecule has 0 aliphatic carbocycles. The third kappa shape index (κ3) is 4.21. The van der Waals surface area contributed by atoms with E-state index in [1.807, 2.05) is 11.9 Å². The number of rotatable bonds is 5. The first-order chi connectivity index (χ1) is 14.9. The number of ether oxygens (including phenoxy) is 1. The molecule has 2 aromatic heterocycles. The van der Waals surface area contributed by atoms with Gasteiger partial charge in [0, 0.05) is 50.9 Å². The van der Waals surface area contributed by atoms with Crippen LogP contribution in [-0.2, 0) is 16.0 Å². The zero-order chi connectivity index (χ0) is 22.1. The molecule has 1 aromatic carbocycles. The van der Waals surface area contributed by atoms with Gasteiger partial charge in [0.1, 0.15) is 5.65 Å². The number of aromatic nitrogens is 2. The second-order valence-corrected chi connectivity index (χ2v) is 8.26. The van der Waals surface area contributed by atoms with Gasteiger partial charge >= 0.3 is 0 Å². The standard InChI is InChI=1S/C25H30N4O2/c1-16-8-9-29-23(14-21-15-28(19(4)30)10-11-31-21)25(27-24(29)12-16)22-7-6-20(13-17(22)2)18(3)26-5/h6-9,12-13,21,26H,3,10-11,14-15H2,1-2,4-5H3. The molecule has 1 aliphatic rings. The topological polar surface area (TPSA) is 58.9 Å². The van der Waals surface area contributed by atoms with Gasteiger partial charge in [0.05, 0.1) is 24.1 Å². The van der Waals surface area contributed by atoms with Crippen molar-refractivity contribution in [3.8, 4) is 11.3 Å². The summed E-state index contributed by atoms with van der Waals surface area (Å²) in [5.74, 6) is 0.0958. The summed E-state index contributed by atoms with van der Waals surface area (Å²) >= 11 is 0. The van der Waals surface area contributed by atoms with Crippen LogP contribution in [0.25, 0.3) is 22.6 Å². The van der Waals surface area contributed by atoms with E-state index >= 15 is 0 Å². The van der Waals surface area contributed by atoms with Gasteiger partial charge < -0.3 is 19.4 Å². The Morgan fingerprint density at radius 1 is 1.29 bits per heavy atom. The molecule has 1 saturated heterocycles. The van der Waals surface area contributed by atoms with Gasteiger partial charge in [-0.25, -0.2) is 4.98 Å². The van der Waals surface area contributed by atoms with E-state index < -0.39 is 0 Å². The molecule has 1 aliphatic heterocycles. The normalized spacial score (nSPS) is 16.5. The molecule has 3 aromatic rings. The van der Waals surface area contributed by atoms with E-state index in [9.17, 15) is 4.79 Å². The average molecular weight is 419 g/mol. The van der Waals surface area contributed by atoms with Crippen molar-refractivity contribution >= 4 is 17.3 Å². The summed E-state index contributed by atoms with van der Waals surface area (Å²) in [4.78, 5) is 18.8. The number of imidazole rings is 1. The van der Waals surface area contributed by atoms with Crippen LogP contribution in [0, 0.1) is 13.8 Å². The average Bonchev–Trinajstić information content (AvgIpc) is 3.10. The fourth-order valence-electron chi connectivity index (χ4n) is 4.21. The van der Waals surface area contributed by atoms with Crippen molar-refractivity contribution in [3.63, 3.8) is 0 Å². The maximum atomic E-state index is 11.9. The lowest BCUT2D eigenvalue weighted by Crippen LogP contribution is -2.45. The SMILES string of the molecule is C=C(NC)c1ccc(-c2nc3cc(C)ccn3c2CC2CN(C(C)=O)CCO2)c(C)c1. The summed E-state index contributed by atoms with van der Waals surface area (Å²) in [6, 6.07) is 10.5. The van der Waals surface area contributed by atoms with Crippen LogP contribution in [0.3, 0.4) is 0 Å². The number of carbonyl (C=O) groups is 1. The van der Waals surface area contributed by atoms with Crippen molar-refractivity contribution in [2.75, 3.05) is 26.7 Å². The number of pyridine rings is 1. The monoisotopic (exact) mass is 418 g/mol. The molecule has 0 radical (unpaired) electrons. The smallest absolute Gasteiger partial charge is 0.219 e. The number of morpholine rings is 1. The molecule has 0 saturated carbocycles. The first-order valence-corrected chi connectivity index (χ1v) is 10.7. The fraction of sp³-hybridized carbons (Fsp3) is 0.360. The van der Waals surface area contributed by atoms with Crippen LogP contribution in [0.15, 0.2) is 43.1 Å². The minimum absolute atomic E-state index is 0.0544. The van der Waals surface area contributed by atoms with Gasteiger partial charge in [0.25, 0.3) is 0 Å². The van der Waals surface area contributed by atoms with Crippen molar-refractivity contribution in [1.82, 2.24) is 19.6 Å². The Bertz CT molecular complexity index is 1150. The number of carbonyl (C=O) groups excluding carboxylic acids is 1. The molecule has 1 fully saturated rings. The molecular formula is C25H30N4O2. The first kappa shape index (κ1) is 21.1. The molecule has 0 bridgehead atoms. The molecule has 3 heterocycles. The Morgan fingerprint density at radius 2 is 2.10 bits per heavy atom. The quantitative estimate of drug-likeness (QED) is 0.688. The van der Waals surface area contributed by atoms with Gasteiger partial charge in [0.2, 0.25) is 5.91 Å². The Balaban J connectivity index is 1.77. The number of hydrogen-bond acceptors (Lipinski definition) is 4. The molecule has 0 spiro atoms. The predicted molar refractivity (Wildman–Crippen MR) is 124 cm³/mol. The number of fused-ring (bicyclic) bond motifs is 1. The summed E-state index contributed by atoms with van der Waals surface area (Å²) in [5, 5.41) is 3.11. The number of nitrogens with zero attached hydrogens (tertiary/aromatic N) is 3. The number of hydrogen-bond donors (Lipinski definition) is 1. The second kappa shape index (κ2) is 8.55. The third-order valence-electron chi connectivity index (χ3n) is 6.02. The lowest BCUT2D eigenvalue weighted by molar-refractivity contribution is -0.136. The first-order valence-electron chi connectivity index (χ1n) is 10.7.